The highest BCUT2D eigenvalue weighted by Gasteiger charge is 2.26. The number of esters is 1. The maximum absolute atomic E-state index is 11.0. The molecule has 0 rings (SSSR count). The number of hydrogen-bond donors (Lipinski definition) is 0. The van der Waals surface area contributed by atoms with Crippen LogP contribution in [0.4, 0.5) is 0 Å². The van der Waals surface area contributed by atoms with Crippen molar-refractivity contribution in [3.8, 4) is 0 Å². The molecular formula is C9H14N2O3. The van der Waals surface area contributed by atoms with Crippen LogP contribution in [-0.4, -0.2) is 28.9 Å². The van der Waals surface area contributed by atoms with Gasteiger partial charge in [0.15, 0.2) is 0 Å². The molecule has 0 saturated carbocycles. The smallest absolute Gasteiger partial charge is 0.441 e. The van der Waals surface area contributed by atoms with Gasteiger partial charge >= 0.3 is 11.7 Å². The maximum atomic E-state index is 11.0. The number of unbranched alkanes of at least 4 members (excludes halogenated alkanes) is 2. The van der Waals surface area contributed by atoms with E-state index in [4.69, 9.17) is 10.3 Å². The van der Waals surface area contributed by atoms with Gasteiger partial charge in [-0.25, -0.2) is 4.79 Å². The molecule has 0 aromatic heterocycles. The lowest BCUT2D eigenvalue weighted by Gasteiger charge is -1.99. The van der Waals surface area contributed by atoms with Gasteiger partial charge in [-0.05, 0) is 6.42 Å². The van der Waals surface area contributed by atoms with Crippen molar-refractivity contribution in [2.45, 2.75) is 33.1 Å². The first-order valence-corrected chi connectivity index (χ1v) is 4.53. The van der Waals surface area contributed by atoms with E-state index in [1.807, 2.05) is 6.92 Å². The first-order chi connectivity index (χ1) is 6.63. The summed E-state index contributed by atoms with van der Waals surface area (Å²) in [5, 5.41) is 0. The molecule has 0 aliphatic heterocycles. The van der Waals surface area contributed by atoms with Gasteiger partial charge in [0.2, 0.25) is 5.78 Å². The fourth-order valence-electron chi connectivity index (χ4n) is 0.840. The van der Waals surface area contributed by atoms with Crippen molar-refractivity contribution in [1.29, 1.82) is 0 Å². The Morgan fingerprint density at radius 2 is 2.00 bits per heavy atom. The molecule has 0 spiro atoms. The Morgan fingerprint density at radius 3 is 2.43 bits per heavy atom. The Kier molecular flexibility index (Phi) is 6.24. The molecule has 0 aromatic carbocycles. The fraction of sp³-hybridized carbons (Fsp3) is 0.667. The molecular weight excluding hydrogens is 184 g/mol. The first-order valence-electron chi connectivity index (χ1n) is 4.53. The molecule has 0 aliphatic carbocycles. The van der Waals surface area contributed by atoms with Crippen molar-refractivity contribution in [3.05, 3.63) is 5.53 Å². The van der Waals surface area contributed by atoms with Crippen molar-refractivity contribution in [3.63, 3.8) is 0 Å². The lowest BCUT2D eigenvalue weighted by atomic mass is 10.2. The van der Waals surface area contributed by atoms with Crippen LogP contribution >= 0.6 is 0 Å². The predicted molar refractivity (Wildman–Crippen MR) is 49.8 cm³/mol. The number of nitrogens with zero attached hydrogens (tertiary/aromatic N) is 2. The molecule has 5 nitrogen and oxygen atoms in total. The molecule has 0 N–H and O–H groups in total. The van der Waals surface area contributed by atoms with Gasteiger partial charge < -0.3 is 10.3 Å². The summed E-state index contributed by atoms with van der Waals surface area (Å²) in [5.41, 5.74) is 7.78. The zero-order chi connectivity index (χ0) is 11.0. The second-order valence-electron chi connectivity index (χ2n) is 2.85. The summed E-state index contributed by atoms with van der Waals surface area (Å²) in [6.07, 6.45) is 2.73. The van der Waals surface area contributed by atoms with Crippen molar-refractivity contribution in [2.75, 3.05) is 6.61 Å². The van der Waals surface area contributed by atoms with E-state index < -0.39 is 17.5 Å². The van der Waals surface area contributed by atoms with Crippen LogP contribution in [-0.2, 0) is 14.3 Å². The average Bonchev–Trinajstić information content (AvgIpc) is 2.13. The van der Waals surface area contributed by atoms with E-state index in [-0.39, 0.29) is 6.61 Å². The third kappa shape index (κ3) is 4.52. The number of carbonyl (C=O) groups is 2. The largest absolute Gasteiger partial charge is 0.457 e. The molecule has 0 aliphatic rings. The number of hydrogen-bond acceptors (Lipinski definition) is 3. The van der Waals surface area contributed by atoms with Crippen LogP contribution in [0.15, 0.2) is 0 Å². The quantitative estimate of drug-likeness (QED) is 0.159. The fourth-order valence-corrected chi connectivity index (χ4v) is 0.840. The number of ketones is 1. The van der Waals surface area contributed by atoms with Crippen LogP contribution in [0.25, 0.3) is 5.53 Å². The van der Waals surface area contributed by atoms with E-state index >= 15 is 0 Å². The minimum absolute atomic E-state index is 0.249. The molecule has 14 heavy (non-hydrogen) atoms. The molecule has 0 saturated heterocycles. The van der Waals surface area contributed by atoms with Crippen LogP contribution in [0.5, 0.6) is 0 Å². The van der Waals surface area contributed by atoms with Crippen molar-refractivity contribution >= 4 is 17.5 Å². The average molecular weight is 198 g/mol. The van der Waals surface area contributed by atoms with Gasteiger partial charge in [0.1, 0.15) is 0 Å². The maximum Gasteiger partial charge on any atom is 0.441 e. The second kappa shape index (κ2) is 6.97. The zero-order valence-electron chi connectivity index (χ0n) is 8.45. The summed E-state index contributed by atoms with van der Waals surface area (Å²) in [7, 11) is 0. The molecule has 0 aromatic rings. The van der Waals surface area contributed by atoms with Gasteiger partial charge in [0.05, 0.1) is 6.61 Å². The molecule has 5 heteroatoms. The monoisotopic (exact) mass is 198 g/mol. The van der Waals surface area contributed by atoms with Crippen LogP contribution in [0, 0.1) is 0 Å². The van der Waals surface area contributed by atoms with Gasteiger partial charge in [-0.2, -0.15) is 4.79 Å². The summed E-state index contributed by atoms with van der Waals surface area (Å²) in [4.78, 5) is 24.3. The van der Waals surface area contributed by atoms with E-state index in [2.05, 4.69) is 4.79 Å². The molecule has 78 valence electrons. The third-order valence-electron chi connectivity index (χ3n) is 1.61. The van der Waals surface area contributed by atoms with E-state index in [1.54, 1.807) is 0 Å². The lowest BCUT2D eigenvalue weighted by Crippen LogP contribution is -2.25. The SMILES string of the molecule is CCCCCOC(=O)C(=[N+]=[N-])C(C)=O. The highest BCUT2D eigenvalue weighted by Crippen LogP contribution is 1.95. The summed E-state index contributed by atoms with van der Waals surface area (Å²) in [5.74, 6) is -1.47. The number of ether oxygens (including phenoxy) is 1. The Balaban J connectivity index is 3.96. The highest BCUT2D eigenvalue weighted by atomic mass is 16.5. The summed E-state index contributed by atoms with van der Waals surface area (Å²) in [6, 6.07) is 0. The summed E-state index contributed by atoms with van der Waals surface area (Å²) in [6.45, 7) is 3.42. The minimum atomic E-state index is -0.865. The van der Waals surface area contributed by atoms with Crippen LogP contribution < -0.4 is 0 Å². The van der Waals surface area contributed by atoms with Gasteiger partial charge in [-0.1, -0.05) is 19.8 Å². The van der Waals surface area contributed by atoms with E-state index in [1.165, 1.54) is 0 Å². The molecule has 0 fully saturated rings. The Hall–Kier alpha value is -1.48. The van der Waals surface area contributed by atoms with Gasteiger partial charge in [0, 0.05) is 6.92 Å². The Labute approximate surface area is 82.7 Å². The van der Waals surface area contributed by atoms with Crippen molar-refractivity contribution in [2.24, 2.45) is 0 Å². The molecule has 0 unspecified atom stereocenters. The summed E-state index contributed by atoms with van der Waals surface area (Å²) >= 11 is 0. The second-order valence-corrected chi connectivity index (χ2v) is 2.85. The van der Waals surface area contributed by atoms with Crippen LogP contribution in [0.2, 0.25) is 0 Å². The molecule has 0 bridgehead atoms. The van der Waals surface area contributed by atoms with E-state index in [0.717, 1.165) is 26.2 Å². The van der Waals surface area contributed by atoms with E-state index in [0.29, 0.717) is 0 Å². The number of rotatable bonds is 6. The van der Waals surface area contributed by atoms with Crippen molar-refractivity contribution in [1.82, 2.24) is 0 Å². The normalized spacial score (nSPS) is 9.00. The lowest BCUT2D eigenvalue weighted by molar-refractivity contribution is -0.142. The molecule has 0 atom stereocenters. The van der Waals surface area contributed by atoms with E-state index in [9.17, 15) is 9.59 Å². The molecule has 0 heterocycles. The number of carbonyl (C=O) groups excluding carboxylic acids is 2. The minimum Gasteiger partial charge on any atom is -0.457 e. The van der Waals surface area contributed by atoms with Gasteiger partial charge in [-0.15, -0.1) is 0 Å². The standard InChI is InChI=1S/C9H14N2O3/c1-3-4-5-6-14-9(13)8(11-10)7(2)12/h3-6H2,1-2H3. The highest BCUT2D eigenvalue weighted by molar-refractivity contribution is 6.61. The molecule has 0 radical (unpaired) electrons. The van der Waals surface area contributed by atoms with Gasteiger partial charge in [0.25, 0.3) is 0 Å². The Bertz CT molecular complexity index is 267. The topological polar surface area (TPSA) is 79.8 Å². The number of Topliss-reactive ketones (excluding diaryl/α,β-unsaturated/α-hetero) is 1. The zero-order valence-corrected chi connectivity index (χ0v) is 8.45. The first kappa shape index (κ1) is 12.5. The van der Waals surface area contributed by atoms with Crippen molar-refractivity contribution < 1.29 is 19.1 Å². The Morgan fingerprint density at radius 1 is 1.36 bits per heavy atom. The third-order valence-corrected chi connectivity index (χ3v) is 1.61. The molecule has 0 amide bonds. The summed E-state index contributed by atoms with van der Waals surface area (Å²) < 4.78 is 4.71. The van der Waals surface area contributed by atoms with Crippen LogP contribution in [0.3, 0.4) is 0 Å². The van der Waals surface area contributed by atoms with Gasteiger partial charge in [-0.3, -0.25) is 4.79 Å². The van der Waals surface area contributed by atoms with Crippen LogP contribution in [0.1, 0.15) is 33.1 Å². The predicted octanol–water partition coefficient (Wildman–Crippen LogP) is 0.980.